The summed E-state index contributed by atoms with van der Waals surface area (Å²) < 4.78 is 0. The molecule has 0 radical (unpaired) electrons. The van der Waals surface area contributed by atoms with Crippen LogP contribution in [-0.2, 0) is 0 Å². The first-order chi connectivity index (χ1) is 8.99. The average molecular weight is 261 g/mol. The fourth-order valence-corrected chi connectivity index (χ4v) is 2.03. The quantitative estimate of drug-likeness (QED) is 0.886. The average Bonchev–Trinajstić information content (AvgIpc) is 3.19. The highest BCUT2D eigenvalue weighted by Crippen LogP contribution is 2.30. The van der Waals surface area contributed by atoms with Crippen molar-refractivity contribution in [3.8, 4) is 0 Å². The van der Waals surface area contributed by atoms with Gasteiger partial charge in [0.2, 0.25) is 0 Å². The van der Waals surface area contributed by atoms with E-state index in [1.807, 2.05) is 18.7 Å². The number of amides is 1. The largest absolute Gasteiger partial charge is 0.478 e. The minimum Gasteiger partial charge on any atom is -0.478 e. The second-order valence-corrected chi connectivity index (χ2v) is 5.38. The Kier molecular flexibility index (Phi) is 3.88. The molecule has 1 aromatic rings. The number of hydrogen-bond donors (Lipinski definition) is 1. The summed E-state index contributed by atoms with van der Waals surface area (Å²) in [6.45, 7) is 4.81. The zero-order chi connectivity index (χ0) is 14.0. The van der Waals surface area contributed by atoms with Gasteiger partial charge in [-0.05, 0) is 56.9 Å². The molecular formula is C15H19NO3. The number of carbonyl (C=O) groups excluding carboxylic acids is 1. The monoisotopic (exact) mass is 261 g/mol. The van der Waals surface area contributed by atoms with Crippen LogP contribution in [0.5, 0.6) is 0 Å². The maximum atomic E-state index is 12.4. The molecule has 4 nitrogen and oxygen atoms in total. The Hall–Kier alpha value is -1.84. The van der Waals surface area contributed by atoms with Crippen molar-refractivity contribution in [3.05, 3.63) is 35.4 Å². The van der Waals surface area contributed by atoms with Crippen molar-refractivity contribution < 1.29 is 14.7 Å². The molecule has 0 heterocycles. The Morgan fingerprint density at radius 3 is 2.16 bits per heavy atom. The Bertz CT molecular complexity index is 475. The Labute approximate surface area is 113 Å². The molecule has 2 rings (SSSR count). The maximum Gasteiger partial charge on any atom is 0.335 e. The van der Waals surface area contributed by atoms with Crippen molar-refractivity contribution in [2.75, 3.05) is 6.54 Å². The van der Waals surface area contributed by atoms with E-state index in [1.54, 1.807) is 12.1 Å². The van der Waals surface area contributed by atoms with Gasteiger partial charge in [-0.3, -0.25) is 4.79 Å². The minimum atomic E-state index is -0.974. The lowest BCUT2D eigenvalue weighted by Gasteiger charge is -2.27. The number of rotatable bonds is 5. The van der Waals surface area contributed by atoms with Crippen molar-refractivity contribution in [3.63, 3.8) is 0 Å². The van der Waals surface area contributed by atoms with E-state index in [4.69, 9.17) is 5.11 Å². The molecule has 1 fully saturated rings. The number of carboxylic acid groups (broad SMARTS) is 1. The van der Waals surface area contributed by atoms with Crippen LogP contribution in [0.1, 0.15) is 47.4 Å². The first-order valence-electron chi connectivity index (χ1n) is 6.63. The molecule has 0 saturated heterocycles. The molecule has 1 amide bonds. The van der Waals surface area contributed by atoms with Gasteiger partial charge < -0.3 is 10.0 Å². The normalized spacial score (nSPS) is 14.5. The lowest BCUT2D eigenvalue weighted by molar-refractivity contribution is 0.0682. The minimum absolute atomic E-state index is 0.0150. The van der Waals surface area contributed by atoms with Crippen LogP contribution in [0.25, 0.3) is 0 Å². The fourth-order valence-electron chi connectivity index (χ4n) is 2.03. The third-order valence-electron chi connectivity index (χ3n) is 3.41. The third-order valence-corrected chi connectivity index (χ3v) is 3.41. The van der Waals surface area contributed by atoms with Crippen LogP contribution in [-0.4, -0.2) is 34.5 Å². The van der Waals surface area contributed by atoms with Gasteiger partial charge in [0.1, 0.15) is 0 Å². The first kappa shape index (κ1) is 13.6. The molecular weight excluding hydrogens is 242 g/mol. The lowest BCUT2D eigenvalue weighted by Crippen LogP contribution is -2.38. The summed E-state index contributed by atoms with van der Waals surface area (Å²) in [5, 5.41) is 8.84. The van der Waals surface area contributed by atoms with Gasteiger partial charge in [-0.15, -0.1) is 0 Å². The van der Waals surface area contributed by atoms with Crippen LogP contribution < -0.4 is 0 Å². The maximum absolute atomic E-state index is 12.4. The van der Waals surface area contributed by atoms with E-state index >= 15 is 0 Å². The topological polar surface area (TPSA) is 57.6 Å². The highest BCUT2D eigenvalue weighted by molar-refractivity contribution is 5.96. The zero-order valence-electron chi connectivity index (χ0n) is 11.3. The number of aromatic carboxylic acids is 1. The first-order valence-corrected chi connectivity index (χ1v) is 6.63. The molecule has 4 heteroatoms. The van der Waals surface area contributed by atoms with E-state index in [2.05, 4.69) is 0 Å². The van der Waals surface area contributed by atoms with Crippen molar-refractivity contribution in [1.82, 2.24) is 4.90 Å². The number of carbonyl (C=O) groups is 2. The van der Waals surface area contributed by atoms with E-state index in [-0.39, 0.29) is 17.5 Å². The van der Waals surface area contributed by atoms with Gasteiger partial charge in [0.05, 0.1) is 5.56 Å². The van der Waals surface area contributed by atoms with Crippen LogP contribution in [0, 0.1) is 5.92 Å². The Balaban J connectivity index is 2.13. The molecule has 0 aromatic heterocycles. The van der Waals surface area contributed by atoms with Gasteiger partial charge in [0.25, 0.3) is 5.91 Å². The number of benzene rings is 1. The van der Waals surface area contributed by atoms with Gasteiger partial charge in [0.15, 0.2) is 0 Å². The summed E-state index contributed by atoms with van der Waals surface area (Å²) in [6.07, 6.45) is 2.41. The molecule has 0 spiro atoms. The van der Waals surface area contributed by atoms with Crippen LogP contribution >= 0.6 is 0 Å². The van der Waals surface area contributed by atoms with E-state index in [0.717, 1.165) is 6.54 Å². The predicted molar refractivity (Wildman–Crippen MR) is 72.3 cm³/mol. The summed E-state index contributed by atoms with van der Waals surface area (Å²) in [5.74, 6) is -0.346. The SMILES string of the molecule is CC(C)N(CC1CC1)C(=O)c1ccc(C(=O)O)cc1. The molecule has 0 unspecified atom stereocenters. The summed E-state index contributed by atoms with van der Waals surface area (Å²) >= 11 is 0. The highest BCUT2D eigenvalue weighted by atomic mass is 16.4. The number of carboxylic acids is 1. The number of hydrogen-bond acceptors (Lipinski definition) is 2. The summed E-state index contributed by atoms with van der Waals surface area (Å²) in [5.41, 5.74) is 0.759. The Morgan fingerprint density at radius 1 is 1.21 bits per heavy atom. The van der Waals surface area contributed by atoms with Crippen LogP contribution in [0.2, 0.25) is 0 Å². The second-order valence-electron chi connectivity index (χ2n) is 5.38. The highest BCUT2D eigenvalue weighted by Gasteiger charge is 2.28. The summed E-state index contributed by atoms with van der Waals surface area (Å²) in [7, 11) is 0. The van der Waals surface area contributed by atoms with Gasteiger partial charge in [-0.25, -0.2) is 4.79 Å². The van der Waals surface area contributed by atoms with Crippen LogP contribution in [0.15, 0.2) is 24.3 Å². The van der Waals surface area contributed by atoms with Crippen molar-refractivity contribution >= 4 is 11.9 Å². The zero-order valence-corrected chi connectivity index (χ0v) is 11.3. The molecule has 19 heavy (non-hydrogen) atoms. The third kappa shape index (κ3) is 3.34. The van der Waals surface area contributed by atoms with Gasteiger partial charge in [-0.2, -0.15) is 0 Å². The van der Waals surface area contributed by atoms with Crippen LogP contribution in [0.4, 0.5) is 0 Å². The molecule has 1 saturated carbocycles. The Morgan fingerprint density at radius 2 is 1.74 bits per heavy atom. The van der Waals surface area contributed by atoms with E-state index in [1.165, 1.54) is 25.0 Å². The van der Waals surface area contributed by atoms with Gasteiger partial charge >= 0.3 is 5.97 Å². The molecule has 0 aliphatic heterocycles. The van der Waals surface area contributed by atoms with Gasteiger partial charge in [0, 0.05) is 18.2 Å². The standard InChI is InChI=1S/C15H19NO3/c1-10(2)16(9-11-3-4-11)14(17)12-5-7-13(8-6-12)15(18)19/h5-8,10-11H,3-4,9H2,1-2H3,(H,18,19). The van der Waals surface area contributed by atoms with Crippen molar-refractivity contribution in [1.29, 1.82) is 0 Å². The molecule has 1 N–H and O–H groups in total. The summed E-state index contributed by atoms with van der Waals surface area (Å²) in [6, 6.07) is 6.30. The van der Waals surface area contributed by atoms with E-state index < -0.39 is 5.97 Å². The molecule has 1 aliphatic carbocycles. The molecule has 0 bridgehead atoms. The van der Waals surface area contributed by atoms with E-state index in [0.29, 0.717) is 11.5 Å². The lowest BCUT2D eigenvalue weighted by atomic mass is 10.1. The summed E-state index contributed by atoms with van der Waals surface area (Å²) in [4.78, 5) is 25.1. The smallest absolute Gasteiger partial charge is 0.335 e. The predicted octanol–water partition coefficient (Wildman–Crippen LogP) is 2.65. The van der Waals surface area contributed by atoms with Gasteiger partial charge in [-0.1, -0.05) is 0 Å². The van der Waals surface area contributed by atoms with Crippen molar-refractivity contribution in [2.45, 2.75) is 32.7 Å². The molecule has 0 atom stereocenters. The molecule has 1 aromatic carbocycles. The van der Waals surface area contributed by atoms with Crippen LogP contribution in [0.3, 0.4) is 0 Å². The van der Waals surface area contributed by atoms with Crippen molar-refractivity contribution in [2.24, 2.45) is 5.92 Å². The molecule has 102 valence electrons. The second kappa shape index (κ2) is 5.43. The molecule has 1 aliphatic rings. The number of nitrogens with zero attached hydrogens (tertiary/aromatic N) is 1. The van der Waals surface area contributed by atoms with E-state index in [9.17, 15) is 9.59 Å². The fraction of sp³-hybridized carbons (Fsp3) is 0.467.